The molecule has 0 saturated carbocycles. The van der Waals surface area contributed by atoms with Crippen LogP contribution in [0.3, 0.4) is 0 Å². The highest BCUT2D eigenvalue weighted by Crippen LogP contribution is 2.25. The molecule has 2 N–H and O–H groups in total. The van der Waals surface area contributed by atoms with Gasteiger partial charge in [0.25, 0.3) is 0 Å². The number of halogens is 1. The number of hydrogen-bond acceptors (Lipinski definition) is 1. The first-order valence-electron chi connectivity index (χ1n) is 4.71. The molecule has 0 aromatic heterocycles. The summed E-state index contributed by atoms with van der Waals surface area (Å²) in [7, 11) is 0. The number of hydrogen-bond donors (Lipinski definition) is 1. The van der Waals surface area contributed by atoms with Crippen molar-refractivity contribution in [2.24, 2.45) is 5.73 Å². The zero-order valence-corrected chi connectivity index (χ0v) is 9.19. The van der Waals surface area contributed by atoms with Crippen LogP contribution in [0, 0.1) is 0 Å². The molecule has 0 heterocycles. The van der Waals surface area contributed by atoms with E-state index in [9.17, 15) is 4.79 Å². The van der Waals surface area contributed by atoms with Crippen LogP contribution in [0.4, 0.5) is 0 Å². The summed E-state index contributed by atoms with van der Waals surface area (Å²) in [6.07, 6.45) is 1.74. The van der Waals surface area contributed by atoms with Gasteiger partial charge in [-0.2, -0.15) is 0 Å². The second-order valence-electron chi connectivity index (χ2n) is 3.14. The SMILES string of the molecule is CCc1ccc(C(N)=O)c(Cl)c1CC. The van der Waals surface area contributed by atoms with Crippen LogP contribution in [-0.2, 0) is 12.8 Å². The number of nitrogens with two attached hydrogens (primary N) is 1. The van der Waals surface area contributed by atoms with Gasteiger partial charge in [-0.15, -0.1) is 0 Å². The van der Waals surface area contributed by atoms with E-state index in [0.29, 0.717) is 10.6 Å². The van der Waals surface area contributed by atoms with Gasteiger partial charge in [0, 0.05) is 0 Å². The molecule has 0 aliphatic rings. The topological polar surface area (TPSA) is 43.1 Å². The first-order chi connectivity index (χ1) is 6.61. The van der Waals surface area contributed by atoms with Crippen LogP contribution in [0.25, 0.3) is 0 Å². The molecule has 0 unspecified atom stereocenters. The summed E-state index contributed by atoms with van der Waals surface area (Å²) < 4.78 is 0. The van der Waals surface area contributed by atoms with Gasteiger partial charge in [-0.1, -0.05) is 31.5 Å². The summed E-state index contributed by atoms with van der Waals surface area (Å²) in [5, 5.41) is 0.513. The van der Waals surface area contributed by atoms with E-state index < -0.39 is 5.91 Å². The molecule has 0 bridgehead atoms. The van der Waals surface area contributed by atoms with Crippen molar-refractivity contribution < 1.29 is 4.79 Å². The fourth-order valence-electron chi connectivity index (χ4n) is 1.57. The van der Waals surface area contributed by atoms with Crippen molar-refractivity contribution in [2.75, 3.05) is 0 Å². The van der Waals surface area contributed by atoms with Gasteiger partial charge in [0.2, 0.25) is 5.91 Å². The molecule has 76 valence electrons. The number of benzene rings is 1. The van der Waals surface area contributed by atoms with Gasteiger partial charge in [0.1, 0.15) is 0 Å². The van der Waals surface area contributed by atoms with E-state index in [0.717, 1.165) is 18.4 Å². The number of carbonyl (C=O) groups excluding carboxylic acids is 1. The number of rotatable bonds is 3. The zero-order valence-electron chi connectivity index (χ0n) is 8.43. The van der Waals surface area contributed by atoms with E-state index in [-0.39, 0.29) is 0 Å². The average Bonchev–Trinajstić information content (AvgIpc) is 2.16. The summed E-state index contributed by atoms with van der Waals surface area (Å²) in [5.41, 5.74) is 7.84. The lowest BCUT2D eigenvalue weighted by Gasteiger charge is -2.10. The molecule has 0 atom stereocenters. The summed E-state index contributed by atoms with van der Waals surface area (Å²) in [5.74, 6) is -0.465. The first-order valence-corrected chi connectivity index (χ1v) is 5.09. The van der Waals surface area contributed by atoms with Crippen molar-refractivity contribution in [3.05, 3.63) is 33.8 Å². The first kappa shape index (κ1) is 11.1. The Hall–Kier alpha value is -1.02. The molecule has 0 radical (unpaired) electrons. The lowest BCUT2D eigenvalue weighted by atomic mass is 9.99. The molecule has 1 amide bonds. The van der Waals surface area contributed by atoms with Crippen LogP contribution < -0.4 is 5.73 Å². The molecule has 0 saturated heterocycles. The smallest absolute Gasteiger partial charge is 0.250 e. The molecule has 1 rings (SSSR count). The lowest BCUT2D eigenvalue weighted by Crippen LogP contribution is -2.13. The number of carbonyl (C=O) groups is 1. The monoisotopic (exact) mass is 211 g/mol. The Balaban J connectivity index is 3.34. The third-order valence-electron chi connectivity index (χ3n) is 2.34. The molecule has 2 nitrogen and oxygen atoms in total. The predicted octanol–water partition coefficient (Wildman–Crippen LogP) is 2.56. The predicted molar refractivity (Wildman–Crippen MR) is 58.7 cm³/mol. The largest absolute Gasteiger partial charge is 0.366 e. The molecule has 1 aromatic rings. The fraction of sp³-hybridized carbons (Fsp3) is 0.364. The van der Waals surface area contributed by atoms with Crippen LogP contribution in [0.2, 0.25) is 5.02 Å². The summed E-state index contributed by atoms with van der Waals surface area (Å²) in [4.78, 5) is 11.0. The number of aryl methyl sites for hydroxylation is 1. The minimum absolute atomic E-state index is 0.417. The Bertz CT molecular complexity index is 361. The molecular weight excluding hydrogens is 198 g/mol. The highest BCUT2D eigenvalue weighted by molar-refractivity contribution is 6.34. The van der Waals surface area contributed by atoms with Gasteiger partial charge in [-0.05, 0) is 30.0 Å². The Morgan fingerprint density at radius 2 is 2.00 bits per heavy atom. The average molecular weight is 212 g/mol. The van der Waals surface area contributed by atoms with Gasteiger partial charge >= 0.3 is 0 Å². The third-order valence-corrected chi connectivity index (χ3v) is 2.77. The van der Waals surface area contributed by atoms with Crippen molar-refractivity contribution in [3.63, 3.8) is 0 Å². The maximum atomic E-state index is 11.0. The normalized spacial score (nSPS) is 10.2. The van der Waals surface area contributed by atoms with Crippen molar-refractivity contribution >= 4 is 17.5 Å². The van der Waals surface area contributed by atoms with Gasteiger partial charge in [-0.25, -0.2) is 0 Å². The second kappa shape index (κ2) is 4.47. The summed E-state index contributed by atoms with van der Waals surface area (Å²) in [6.45, 7) is 4.08. The highest BCUT2D eigenvalue weighted by atomic mass is 35.5. The van der Waals surface area contributed by atoms with E-state index in [1.165, 1.54) is 5.56 Å². The molecule has 0 aliphatic carbocycles. The van der Waals surface area contributed by atoms with Crippen molar-refractivity contribution in [3.8, 4) is 0 Å². The lowest BCUT2D eigenvalue weighted by molar-refractivity contribution is 0.100. The Labute approximate surface area is 89.1 Å². The zero-order chi connectivity index (χ0) is 10.7. The molecule has 0 fully saturated rings. The third kappa shape index (κ3) is 1.90. The molecule has 3 heteroatoms. The van der Waals surface area contributed by atoms with Gasteiger partial charge in [0.05, 0.1) is 10.6 Å². The molecule has 0 aliphatic heterocycles. The molecule has 14 heavy (non-hydrogen) atoms. The maximum absolute atomic E-state index is 11.0. The van der Waals surface area contributed by atoms with Crippen molar-refractivity contribution in [1.82, 2.24) is 0 Å². The van der Waals surface area contributed by atoms with Crippen LogP contribution >= 0.6 is 11.6 Å². The maximum Gasteiger partial charge on any atom is 0.250 e. The van der Waals surface area contributed by atoms with Crippen LogP contribution in [0.1, 0.15) is 35.3 Å². The quantitative estimate of drug-likeness (QED) is 0.821. The fourth-order valence-corrected chi connectivity index (χ4v) is 1.98. The van der Waals surface area contributed by atoms with E-state index in [4.69, 9.17) is 17.3 Å². The molecule has 1 aromatic carbocycles. The van der Waals surface area contributed by atoms with E-state index in [2.05, 4.69) is 6.92 Å². The Morgan fingerprint density at radius 3 is 2.43 bits per heavy atom. The van der Waals surface area contributed by atoms with Crippen molar-refractivity contribution in [2.45, 2.75) is 26.7 Å². The second-order valence-corrected chi connectivity index (χ2v) is 3.51. The Morgan fingerprint density at radius 1 is 1.36 bits per heavy atom. The van der Waals surface area contributed by atoms with Gasteiger partial charge in [-0.3, -0.25) is 4.79 Å². The highest BCUT2D eigenvalue weighted by Gasteiger charge is 2.12. The van der Waals surface area contributed by atoms with E-state index >= 15 is 0 Å². The standard InChI is InChI=1S/C11H14ClNO/c1-3-7-5-6-9(11(13)14)10(12)8(7)4-2/h5-6H,3-4H2,1-2H3,(H2,13,14). The number of primary amides is 1. The minimum atomic E-state index is -0.465. The van der Waals surface area contributed by atoms with Crippen LogP contribution in [-0.4, -0.2) is 5.91 Å². The summed E-state index contributed by atoms with van der Waals surface area (Å²) in [6, 6.07) is 3.62. The van der Waals surface area contributed by atoms with Crippen LogP contribution in [0.5, 0.6) is 0 Å². The van der Waals surface area contributed by atoms with Crippen LogP contribution in [0.15, 0.2) is 12.1 Å². The molecule has 0 spiro atoms. The van der Waals surface area contributed by atoms with E-state index in [1.54, 1.807) is 6.07 Å². The minimum Gasteiger partial charge on any atom is -0.366 e. The Kier molecular flexibility index (Phi) is 3.53. The van der Waals surface area contributed by atoms with Gasteiger partial charge < -0.3 is 5.73 Å². The summed E-state index contributed by atoms with van der Waals surface area (Å²) >= 11 is 6.09. The molecular formula is C11H14ClNO. The van der Waals surface area contributed by atoms with Gasteiger partial charge in [0.15, 0.2) is 0 Å². The van der Waals surface area contributed by atoms with E-state index in [1.807, 2.05) is 13.0 Å². The van der Waals surface area contributed by atoms with Crippen molar-refractivity contribution in [1.29, 1.82) is 0 Å². The number of amides is 1.